The second-order valence-corrected chi connectivity index (χ2v) is 8.79. The summed E-state index contributed by atoms with van der Waals surface area (Å²) in [6.45, 7) is 5.29. The SMILES string of the molecule is COc1ccc(Cc2cc3c(N[C@H](C)c4cccc(C(F)F)c4F)nc(C)nc3n(C)c2=O)cc1C. The standard InChI is InChI=1S/C27H27F3N4O2/c1-14-11-17(9-10-22(14)36-5)12-18-13-21-25(32-16(3)33-26(21)34(4)27(18)35)31-15(2)19-7-6-8-20(23(19)28)24(29)30/h6-11,13,15,24H,12H2,1-5H3,(H,31,32,33)/t15-/m1/s1. The van der Waals surface area contributed by atoms with Crippen LogP contribution in [0.1, 0.15) is 53.0 Å². The van der Waals surface area contributed by atoms with Gasteiger partial charge in [0.05, 0.1) is 24.1 Å². The fourth-order valence-corrected chi connectivity index (χ4v) is 4.36. The van der Waals surface area contributed by atoms with Crippen LogP contribution in [0.2, 0.25) is 0 Å². The van der Waals surface area contributed by atoms with Crippen molar-refractivity contribution in [3.63, 3.8) is 0 Å². The number of methoxy groups -OCH3 is 1. The molecule has 6 nitrogen and oxygen atoms in total. The summed E-state index contributed by atoms with van der Waals surface area (Å²) in [6, 6.07) is 10.7. The number of anilines is 1. The third-order valence-corrected chi connectivity index (χ3v) is 6.22. The lowest BCUT2D eigenvalue weighted by molar-refractivity contribution is 0.146. The Labute approximate surface area is 206 Å². The summed E-state index contributed by atoms with van der Waals surface area (Å²) in [5.41, 5.74) is 2.09. The Hall–Kier alpha value is -3.88. The number of halogens is 3. The number of nitrogens with zero attached hydrogens (tertiary/aromatic N) is 3. The molecule has 9 heteroatoms. The number of aryl methyl sites for hydroxylation is 3. The molecule has 2 aromatic carbocycles. The first kappa shape index (κ1) is 25.2. The van der Waals surface area contributed by atoms with Gasteiger partial charge in [0.1, 0.15) is 28.9 Å². The predicted molar refractivity (Wildman–Crippen MR) is 133 cm³/mol. The Morgan fingerprint density at radius 2 is 1.81 bits per heavy atom. The van der Waals surface area contributed by atoms with Crippen LogP contribution in [0.5, 0.6) is 5.75 Å². The van der Waals surface area contributed by atoms with E-state index in [9.17, 15) is 18.0 Å². The number of hydrogen-bond donors (Lipinski definition) is 1. The highest BCUT2D eigenvalue weighted by molar-refractivity contribution is 5.87. The maximum atomic E-state index is 14.8. The molecular formula is C27H27F3N4O2. The highest BCUT2D eigenvalue weighted by Gasteiger charge is 2.21. The quantitative estimate of drug-likeness (QED) is 0.351. The molecule has 4 rings (SSSR count). The topological polar surface area (TPSA) is 69.0 Å². The molecule has 188 valence electrons. The number of hydrogen-bond acceptors (Lipinski definition) is 5. The molecule has 36 heavy (non-hydrogen) atoms. The Balaban J connectivity index is 1.78. The average molecular weight is 497 g/mol. The second kappa shape index (κ2) is 10.0. The molecule has 2 heterocycles. The molecule has 0 radical (unpaired) electrons. The van der Waals surface area contributed by atoms with Crippen LogP contribution in [0.15, 0.2) is 47.3 Å². The average Bonchev–Trinajstić information content (AvgIpc) is 2.83. The van der Waals surface area contributed by atoms with Gasteiger partial charge in [0.25, 0.3) is 12.0 Å². The molecule has 0 unspecified atom stereocenters. The zero-order chi connectivity index (χ0) is 26.1. The van der Waals surface area contributed by atoms with Crippen LogP contribution in [0.4, 0.5) is 19.0 Å². The van der Waals surface area contributed by atoms with Crippen molar-refractivity contribution in [3.05, 3.63) is 92.3 Å². The van der Waals surface area contributed by atoms with E-state index in [-0.39, 0.29) is 11.1 Å². The van der Waals surface area contributed by atoms with Crippen LogP contribution in [0.3, 0.4) is 0 Å². The number of pyridine rings is 1. The van der Waals surface area contributed by atoms with Gasteiger partial charge in [-0.05, 0) is 44.0 Å². The van der Waals surface area contributed by atoms with E-state index in [1.165, 1.54) is 16.7 Å². The molecule has 1 N–H and O–H groups in total. The Kier molecular flexibility index (Phi) is 7.01. The number of fused-ring (bicyclic) bond motifs is 1. The van der Waals surface area contributed by atoms with E-state index in [4.69, 9.17) is 4.74 Å². The summed E-state index contributed by atoms with van der Waals surface area (Å²) in [4.78, 5) is 22.1. The van der Waals surface area contributed by atoms with Crippen LogP contribution in [0, 0.1) is 19.7 Å². The van der Waals surface area contributed by atoms with Crippen LogP contribution in [-0.4, -0.2) is 21.6 Å². The van der Waals surface area contributed by atoms with Crippen molar-refractivity contribution in [1.82, 2.24) is 14.5 Å². The van der Waals surface area contributed by atoms with Crippen LogP contribution in [-0.2, 0) is 13.5 Å². The fraction of sp³-hybridized carbons (Fsp3) is 0.296. The zero-order valence-electron chi connectivity index (χ0n) is 20.7. The fourth-order valence-electron chi connectivity index (χ4n) is 4.36. The second-order valence-electron chi connectivity index (χ2n) is 8.79. The third kappa shape index (κ3) is 4.78. The minimum Gasteiger partial charge on any atom is -0.496 e. The Bertz CT molecular complexity index is 1500. The number of rotatable bonds is 7. The maximum Gasteiger partial charge on any atom is 0.266 e. The van der Waals surface area contributed by atoms with Gasteiger partial charge in [0.15, 0.2) is 0 Å². The van der Waals surface area contributed by atoms with Crippen molar-refractivity contribution < 1.29 is 17.9 Å². The largest absolute Gasteiger partial charge is 0.496 e. The molecule has 0 aliphatic carbocycles. The first-order valence-electron chi connectivity index (χ1n) is 11.4. The first-order chi connectivity index (χ1) is 17.1. The van der Waals surface area contributed by atoms with E-state index in [2.05, 4.69) is 15.3 Å². The summed E-state index contributed by atoms with van der Waals surface area (Å²) in [5, 5.41) is 3.71. The molecular weight excluding hydrogens is 469 g/mol. The molecule has 0 aliphatic heterocycles. The van der Waals surface area contributed by atoms with Gasteiger partial charge in [-0.3, -0.25) is 9.36 Å². The summed E-state index contributed by atoms with van der Waals surface area (Å²) < 4.78 is 48.0. The molecule has 0 spiro atoms. The summed E-state index contributed by atoms with van der Waals surface area (Å²) in [7, 11) is 3.24. The van der Waals surface area contributed by atoms with Gasteiger partial charge < -0.3 is 10.1 Å². The number of alkyl halides is 2. The van der Waals surface area contributed by atoms with Crippen molar-refractivity contribution in [3.8, 4) is 5.75 Å². The van der Waals surface area contributed by atoms with Gasteiger partial charge in [-0.2, -0.15) is 0 Å². The van der Waals surface area contributed by atoms with Gasteiger partial charge in [0, 0.05) is 24.6 Å². The number of aromatic nitrogens is 3. The molecule has 0 saturated heterocycles. The van der Waals surface area contributed by atoms with Crippen molar-refractivity contribution >= 4 is 16.9 Å². The molecule has 0 aliphatic rings. The van der Waals surface area contributed by atoms with Crippen LogP contribution < -0.4 is 15.6 Å². The molecule has 2 aromatic heterocycles. The van der Waals surface area contributed by atoms with Crippen molar-refractivity contribution in [2.24, 2.45) is 7.05 Å². The van der Waals surface area contributed by atoms with Crippen molar-refractivity contribution in [2.45, 2.75) is 39.7 Å². The number of nitrogens with one attached hydrogen (secondary N) is 1. The van der Waals surface area contributed by atoms with Crippen molar-refractivity contribution in [1.29, 1.82) is 0 Å². The third-order valence-electron chi connectivity index (χ3n) is 6.22. The van der Waals surface area contributed by atoms with E-state index < -0.39 is 23.8 Å². The Morgan fingerprint density at radius 1 is 1.08 bits per heavy atom. The molecule has 4 aromatic rings. The van der Waals surface area contributed by atoms with E-state index in [1.807, 2.05) is 25.1 Å². The van der Waals surface area contributed by atoms with Gasteiger partial charge in [-0.15, -0.1) is 0 Å². The van der Waals surface area contributed by atoms with Gasteiger partial charge >= 0.3 is 0 Å². The van der Waals surface area contributed by atoms with Crippen LogP contribution in [0.25, 0.3) is 11.0 Å². The van der Waals surface area contributed by atoms with E-state index >= 15 is 0 Å². The molecule has 0 amide bonds. The highest BCUT2D eigenvalue weighted by Crippen LogP contribution is 2.30. The molecule has 0 bridgehead atoms. The monoisotopic (exact) mass is 496 g/mol. The predicted octanol–water partition coefficient (Wildman–Crippen LogP) is 5.79. The van der Waals surface area contributed by atoms with Gasteiger partial charge in [0.2, 0.25) is 0 Å². The lowest BCUT2D eigenvalue weighted by Gasteiger charge is -2.19. The van der Waals surface area contributed by atoms with E-state index in [0.29, 0.717) is 34.7 Å². The minimum atomic E-state index is -2.92. The van der Waals surface area contributed by atoms with Crippen molar-refractivity contribution in [2.75, 3.05) is 12.4 Å². The minimum absolute atomic E-state index is 0.0935. The number of benzene rings is 2. The van der Waals surface area contributed by atoms with Gasteiger partial charge in [-0.1, -0.05) is 30.3 Å². The van der Waals surface area contributed by atoms with Gasteiger partial charge in [-0.25, -0.2) is 23.1 Å². The summed E-state index contributed by atoms with van der Waals surface area (Å²) >= 11 is 0. The normalized spacial score (nSPS) is 12.2. The highest BCUT2D eigenvalue weighted by atomic mass is 19.3. The molecule has 0 fully saturated rings. The molecule has 0 saturated carbocycles. The van der Waals surface area contributed by atoms with Crippen LogP contribution >= 0.6 is 0 Å². The van der Waals surface area contributed by atoms with E-state index in [0.717, 1.165) is 22.9 Å². The summed E-state index contributed by atoms with van der Waals surface area (Å²) in [5.74, 6) is 0.602. The Morgan fingerprint density at radius 3 is 2.47 bits per heavy atom. The first-order valence-corrected chi connectivity index (χ1v) is 11.4. The lowest BCUT2D eigenvalue weighted by Crippen LogP contribution is -2.23. The molecule has 1 atom stereocenters. The summed E-state index contributed by atoms with van der Waals surface area (Å²) in [6.07, 6.45) is -2.54. The van der Waals surface area contributed by atoms with E-state index in [1.54, 1.807) is 34.1 Å². The number of ether oxygens (including phenoxy) is 1. The lowest BCUT2D eigenvalue weighted by atomic mass is 10.0. The zero-order valence-corrected chi connectivity index (χ0v) is 20.7. The smallest absolute Gasteiger partial charge is 0.266 e. The maximum absolute atomic E-state index is 14.8.